The molecule has 0 spiro atoms. The molecule has 1 aliphatic rings. The van der Waals surface area contributed by atoms with Gasteiger partial charge in [-0.15, -0.1) is 0 Å². The number of nitrogens with zero attached hydrogens (tertiary/aromatic N) is 4. The van der Waals surface area contributed by atoms with Gasteiger partial charge in [-0.25, -0.2) is 15.0 Å². The molecular formula is C49H30N4O. The van der Waals surface area contributed by atoms with Crippen LogP contribution in [0.15, 0.2) is 182 Å². The Balaban J connectivity index is 1.06. The van der Waals surface area contributed by atoms with Crippen LogP contribution < -0.4 is 4.74 Å². The molecule has 1 aliphatic heterocycles. The summed E-state index contributed by atoms with van der Waals surface area (Å²) in [4.78, 5) is 15.3. The molecule has 0 N–H and O–H groups in total. The zero-order valence-corrected chi connectivity index (χ0v) is 29.0. The highest BCUT2D eigenvalue weighted by Crippen LogP contribution is 2.49. The van der Waals surface area contributed by atoms with Gasteiger partial charge in [0.05, 0.1) is 11.0 Å². The highest BCUT2D eigenvalue weighted by atomic mass is 16.5. The zero-order chi connectivity index (χ0) is 35.6. The van der Waals surface area contributed by atoms with Gasteiger partial charge in [0.2, 0.25) is 0 Å². The third kappa shape index (κ3) is 4.83. The fraction of sp³-hybridized carbons (Fsp3) is 0. The Kier molecular flexibility index (Phi) is 6.79. The topological polar surface area (TPSA) is 52.8 Å². The second kappa shape index (κ2) is 12.1. The van der Waals surface area contributed by atoms with Gasteiger partial charge < -0.3 is 9.30 Å². The molecule has 8 aromatic carbocycles. The predicted molar refractivity (Wildman–Crippen MR) is 219 cm³/mol. The molecule has 2 aromatic heterocycles. The van der Waals surface area contributed by atoms with Crippen molar-refractivity contribution < 1.29 is 4.74 Å². The van der Waals surface area contributed by atoms with Crippen LogP contribution in [0.25, 0.3) is 94.7 Å². The first-order valence-electron chi connectivity index (χ1n) is 18.1. The van der Waals surface area contributed by atoms with Crippen molar-refractivity contribution in [1.82, 2.24) is 19.5 Å². The minimum Gasteiger partial charge on any atom is -0.456 e. The molecule has 3 heterocycles. The van der Waals surface area contributed by atoms with Crippen LogP contribution in [0.1, 0.15) is 0 Å². The number of benzene rings is 8. The van der Waals surface area contributed by atoms with Gasteiger partial charge in [-0.05, 0) is 64.5 Å². The van der Waals surface area contributed by atoms with Crippen LogP contribution in [0.2, 0.25) is 0 Å². The lowest BCUT2D eigenvalue weighted by atomic mass is 9.92. The molecule has 5 heteroatoms. The van der Waals surface area contributed by atoms with Crippen molar-refractivity contribution in [2.45, 2.75) is 0 Å². The van der Waals surface area contributed by atoms with Gasteiger partial charge in [0.1, 0.15) is 11.5 Å². The quantitative estimate of drug-likeness (QED) is 0.180. The Labute approximate surface area is 311 Å². The van der Waals surface area contributed by atoms with Crippen LogP contribution in [-0.4, -0.2) is 19.5 Å². The maximum atomic E-state index is 6.78. The molecule has 0 unspecified atom stereocenters. The van der Waals surface area contributed by atoms with Crippen molar-refractivity contribution in [2.75, 3.05) is 0 Å². The van der Waals surface area contributed by atoms with E-state index >= 15 is 0 Å². The highest BCUT2D eigenvalue weighted by Gasteiger charge is 2.24. The largest absolute Gasteiger partial charge is 0.456 e. The third-order valence-corrected chi connectivity index (χ3v) is 10.5. The summed E-state index contributed by atoms with van der Waals surface area (Å²) < 4.78 is 9.10. The summed E-state index contributed by atoms with van der Waals surface area (Å²) in [5.41, 5.74) is 10.6. The molecule has 10 aromatic rings. The lowest BCUT2D eigenvalue weighted by Crippen LogP contribution is -2.03. The van der Waals surface area contributed by atoms with Gasteiger partial charge in [-0.1, -0.05) is 133 Å². The van der Waals surface area contributed by atoms with Gasteiger partial charge in [-0.3, -0.25) is 0 Å². The molecule has 0 bridgehead atoms. The van der Waals surface area contributed by atoms with Crippen molar-refractivity contribution in [2.24, 2.45) is 0 Å². The summed E-state index contributed by atoms with van der Waals surface area (Å²) in [6, 6.07) is 63.2. The van der Waals surface area contributed by atoms with E-state index in [0.717, 1.165) is 66.9 Å². The van der Waals surface area contributed by atoms with Gasteiger partial charge >= 0.3 is 0 Å². The summed E-state index contributed by atoms with van der Waals surface area (Å²) >= 11 is 0. The van der Waals surface area contributed by atoms with Gasteiger partial charge in [0.15, 0.2) is 17.5 Å². The van der Waals surface area contributed by atoms with Crippen LogP contribution >= 0.6 is 0 Å². The summed E-state index contributed by atoms with van der Waals surface area (Å²) in [5.74, 6) is 3.50. The Morgan fingerprint density at radius 2 is 0.926 bits per heavy atom. The van der Waals surface area contributed by atoms with Crippen LogP contribution in [0.3, 0.4) is 0 Å². The average molecular weight is 691 g/mol. The molecule has 0 radical (unpaired) electrons. The molecule has 0 aliphatic carbocycles. The maximum absolute atomic E-state index is 6.78. The first-order valence-corrected chi connectivity index (χ1v) is 18.1. The van der Waals surface area contributed by atoms with Crippen molar-refractivity contribution in [3.63, 3.8) is 0 Å². The number of fused-ring (bicyclic) bond motifs is 5. The minimum absolute atomic E-state index is 0.611. The molecule has 0 fully saturated rings. The second-order valence-electron chi connectivity index (χ2n) is 13.6. The lowest BCUT2D eigenvalue weighted by molar-refractivity contribution is 0.487. The van der Waals surface area contributed by atoms with Crippen LogP contribution in [0.4, 0.5) is 0 Å². The summed E-state index contributed by atoms with van der Waals surface area (Å²) in [6.07, 6.45) is 0. The Bertz CT molecular complexity index is 3020. The third-order valence-electron chi connectivity index (χ3n) is 10.5. The first kappa shape index (κ1) is 30.3. The second-order valence-corrected chi connectivity index (χ2v) is 13.6. The number of hydrogen-bond acceptors (Lipinski definition) is 4. The summed E-state index contributed by atoms with van der Waals surface area (Å²) in [5, 5.41) is 4.53. The van der Waals surface area contributed by atoms with E-state index in [1.165, 1.54) is 21.8 Å². The lowest BCUT2D eigenvalue weighted by Gasteiger charge is -2.23. The molecular weight excluding hydrogens is 661 g/mol. The Morgan fingerprint density at radius 3 is 1.69 bits per heavy atom. The van der Waals surface area contributed by atoms with Crippen molar-refractivity contribution in [3.05, 3.63) is 182 Å². The predicted octanol–water partition coefficient (Wildman–Crippen LogP) is 12.6. The van der Waals surface area contributed by atoms with E-state index in [1.807, 2.05) is 36.4 Å². The molecule has 0 saturated carbocycles. The smallest absolute Gasteiger partial charge is 0.164 e. The van der Waals surface area contributed by atoms with E-state index < -0.39 is 0 Å². The van der Waals surface area contributed by atoms with E-state index in [4.69, 9.17) is 19.7 Å². The van der Waals surface area contributed by atoms with Gasteiger partial charge in [0.25, 0.3) is 0 Å². The van der Waals surface area contributed by atoms with Crippen LogP contribution in [-0.2, 0) is 0 Å². The summed E-state index contributed by atoms with van der Waals surface area (Å²) in [6.45, 7) is 0. The highest BCUT2D eigenvalue weighted by molar-refractivity contribution is 6.11. The van der Waals surface area contributed by atoms with E-state index in [1.54, 1.807) is 0 Å². The van der Waals surface area contributed by atoms with Crippen molar-refractivity contribution in [3.8, 4) is 73.6 Å². The molecule has 0 amide bonds. The fourth-order valence-electron chi connectivity index (χ4n) is 7.97. The zero-order valence-electron chi connectivity index (χ0n) is 29.0. The monoisotopic (exact) mass is 690 g/mol. The van der Waals surface area contributed by atoms with E-state index in [-0.39, 0.29) is 0 Å². The minimum atomic E-state index is 0.611. The number of hydrogen-bond donors (Lipinski definition) is 0. The number of rotatable bonds is 5. The SMILES string of the molecule is c1ccc(-c2cccc(-c3nc(-c4ccccc4)nc(-c4ccc5c6c(cccc46)-c4ccc(-n6c7ccccc7c7ccccc76)cc4O5)n3)c2)cc1. The van der Waals surface area contributed by atoms with Gasteiger partial charge in [-0.2, -0.15) is 0 Å². The van der Waals surface area contributed by atoms with Crippen LogP contribution in [0, 0.1) is 0 Å². The maximum Gasteiger partial charge on any atom is 0.164 e. The average Bonchev–Trinajstić information content (AvgIpc) is 3.59. The van der Waals surface area contributed by atoms with E-state index in [2.05, 4.69) is 150 Å². The summed E-state index contributed by atoms with van der Waals surface area (Å²) in [7, 11) is 0. The normalized spacial score (nSPS) is 11.9. The molecule has 252 valence electrons. The molecule has 11 rings (SSSR count). The standard InChI is InChI=1S/C49H30N4O/c1-3-13-31(14-4-1)33-17-11-18-34(29-33)48-50-47(32-15-5-2-6-16-32)51-49(52-48)41-27-28-44-46-39(21-12-22-40(41)46)38-26-25-35(30-45(38)54-44)53-42-23-9-7-19-36(42)37-20-8-10-24-43(37)53/h1-30H. The van der Waals surface area contributed by atoms with E-state index in [0.29, 0.717) is 17.5 Å². The molecule has 5 nitrogen and oxygen atoms in total. The molecule has 54 heavy (non-hydrogen) atoms. The Hall–Kier alpha value is -7.37. The van der Waals surface area contributed by atoms with Crippen molar-refractivity contribution >= 4 is 32.6 Å². The number of ether oxygens (including phenoxy) is 1. The number of aromatic nitrogens is 4. The van der Waals surface area contributed by atoms with Gasteiger partial charge in [0, 0.05) is 50.2 Å². The number of para-hydroxylation sites is 2. The fourth-order valence-corrected chi connectivity index (χ4v) is 7.97. The van der Waals surface area contributed by atoms with Crippen molar-refractivity contribution in [1.29, 1.82) is 0 Å². The Morgan fingerprint density at radius 1 is 0.352 bits per heavy atom. The first-order chi connectivity index (χ1) is 26.8. The van der Waals surface area contributed by atoms with E-state index in [9.17, 15) is 0 Å². The molecule has 0 saturated heterocycles. The van der Waals surface area contributed by atoms with Crippen LogP contribution in [0.5, 0.6) is 11.5 Å². The molecule has 0 atom stereocenters.